The zero-order valence-corrected chi connectivity index (χ0v) is 21.1. The number of nitrogens with zero attached hydrogens (tertiary/aromatic N) is 2. The Labute approximate surface area is 207 Å². The topological polar surface area (TPSA) is 64.7 Å². The van der Waals surface area contributed by atoms with Crippen molar-refractivity contribution in [2.75, 3.05) is 0 Å². The van der Waals surface area contributed by atoms with Gasteiger partial charge in [-0.3, -0.25) is 0 Å². The van der Waals surface area contributed by atoms with Crippen molar-refractivity contribution in [2.45, 2.75) is 25.8 Å². The fourth-order valence-corrected chi connectivity index (χ4v) is 8.89. The van der Waals surface area contributed by atoms with Gasteiger partial charge >= 0.3 is 8.32 Å². The lowest BCUT2D eigenvalue weighted by atomic mass is 10.0. The second-order valence-electron chi connectivity index (χ2n) is 9.34. The summed E-state index contributed by atoms with van der Waals surface area (Å²) in [5.41, 5.74) is 1.65. The average molecular weight is 481 g/mol. The highest BCUT2D eigenvalue weighted by Crippen LogP contribution is 2.37. The van der Waals surface area contributed by atoms with Gasteiger partial charge in [-0.1, -0.05) is 112 Å². The van der Waals surface area contributed by atoms with Gasteiger partial charge in [-0.25, -0.2) is 10.1 Å². The normalized spacial score (nSPS) is 12.3. The minimum absolute atomic E-state index is 0.170. The van der Waals surface area contributed by atoms with Gasteiger partial charge in [-0.2, -0.15) is 0 Å². The maximum absolute atomic E-state index is 11.2. The van der Waals surface area contributed by atoms with E-state index in [1.54, 1.807) is 0 Å². The molecule has 0 spiro atoms. The first kappa shape index (κ1) is 24.1. The zero-order valence-electron chi connectivity index (χ0n) is 20.1. The molecule has 0 saturated heterocycles. The van der Waals surface area contributed by atoms with E-state index in [4.69, 9.17) is 4.43 Å². The third kappa shape index (κ3) is 5.07. The summed E-state index contributed by atoms with van der Waals surface area (Å²) >= 11 is 0. The molecule has 0 fully saturated rings. The highest BCUT2D eigenvalue weighted by Gasteiger charge is 2.52. The van der Waals surface area contributed by atoms with Crippen LogP contribution in [0.1, 0.15) is 31.9 Å². The van der Waals surface area contributed by atoms with Crippen LogP contribution in [0.4, 0.5) is 0 Å². The molecule has 35 heavy (non-hydrogen) atoms. The van der Waals surface area contributed by atoms with Crippen LogP contribution >= 0.6 is 0 Å². The molecule has 0 radical (unpaired) electrons. The molecule has 0 aliphatic carbocycles. The number of rotatable bonds is 7. The Morgan fingerprint density at radius 3 is 1.57 bits per heavy atom. The zero-order chi connectivity index (χ0) is 24.9. The fraction of sp³-hybridized carbons (Fsp3) is 0.138. The van der Waals surface area contributed by atoms with Crippen LogP contribution in [-0.2, 0) is 0 Å². The standard InChI is InChI=1S/C29H28N2O3Si/c1-29(2,3)35(26-15-9-5-10-16-26,27-17-11-6-12-18-27)34-25-21-19-24(20-22-25)28(30-31(32)33)23-13-7-4-8-14-23/h4-22H,1-3H3/b30-28-. The van der Waals surface area contributed by atoms with Crippen molar-refractivity contribution in [3.63, 3.8) is 0 Å². The quantitative estimate of drug-likeness (QED) is 0.148. The predicted molar refractivity (Wildman–Crippen MR) is 144 cm³/mol. The monoisotopic (exact) mass is 480 g/mol. The molecule has 0 aliphatic rings. The van der Waals surface area contributed by atoms with Gasteiger partial charge in [-0.05, 0) is 39.7 Å². The Morgan fingerprint density at radius 2 is 1.14 bits per heavy atom. The van der Waals surface area contributed by atoms with Crippen LogP contribution in [0.15, 0.2) is 120 Å². The molecular formula is C29H28N2O3Si. The molecule has 0 saturated carbocycles. The second-order valence-corrected chi connectivity index (χ2v) is 13.6. The summed E-state index contributed by atoms with van der Waals surface area (Å²) in [5.74, 6) is 0.719. The minimum atomic E-state index is -2.76. The summed E-state index contributed by atoms with van der Waals surface area (Å²) in [6.07, 6.45) is 0. The lowest BCUT2D eigenvalue weighted by molar-refractivity contribution is -0.484. The van der Waals surface area contributed by atoms with E-state index in [2.05, 4.69) is 74.4 Å². The van der Waals surface area contributed by atoms with Crippen LogP contribution in [0.3, 0.4) is 0 Å². The molecular weight excluding hydrogens is 452 g/mol. The van der Waals surface area contributed by atoms with Crippen molar-refractivity contribution < 1.29 is 9.46 Å². The van der Waals surface area contributed by atoms with E-state index in [0.29, 0.717) is 16.8 Å². The molecule has 6 heteroatoms. The van der Waals surface area contributed by atoms with Gasteiger partial charge in [0, 0.05) is 11.1 Å². The maximum Gasteiger partial charge on any atom is 0.319 e. The lowest BCUT2D eigenvalue weighted by Gasteiger charge is -2.43. The van der Waals surface area contributed by atoms with Gasteiger partial charge in [0.2, 0.25) is 0 Å². The van der Waals surface area contributed by atoms with Crippen LogP contribution < -0.4 is 14.8 Å². The first-order chi connectivity index (χ1) is 16.8. The number of hydrogen-bond donors (Lipinski definition) is 0. The molecule has 4 aromatic rings. The summed E-state index contributed by atoms with van der Waals surface area (Å²) in [6.45, 7) is 6.68. The van der Waals surface area contributed by atoms with E-state index in [1.807, 2.05) is 66.7 Å². The first-order valence-corrected chi connectivity index (χ1v) is 13.4. The molecule has 0 heterocycles. The Bertz CT molecular complexity index is 1260. The van der Waals surface area contributed by atoms with Crippen LogP contribution in [0.25, 0.3) is 0 Å². The summed E-state index contributed by atoms with van der Waals surface area (Å²) in [6, 6.07) is 37.5. The summed E-state index contributed by atoms with van der Waals surface area (Å²) in [7, 11) is -2.76. The van der Waals surface area contributed by atoms with Crippen molar-refractivity contribution in [3.05, 3.63) is 137 Å². The number of nitro groups is 1. The molecule has 5 nitrogen and oxygen atoms in total. The van der Waals surface area contributed by atoms with Crippen LogP contribution in [0, 0.1) is 10.1 Å². The molecule has 0 bridgehead atoms. The molecule has 0 aliphatic heterocycles. The van der Waals surface area contributed by atoms with E-state index < -0.39 is 13.3 Å². The molecule has 0 amide bonds. The Hall–Kier alpha value is -4.03. The van der Waals surface area contributed by atoms with Crippen molar-refractivity contribution in [1.29, 1.82) is 0 Å². The SMILES string of the molecule is CC(C)(C)[Si](Oc1ccc(/C(=N\[N+](=O)[O-])c2ccccc2)cc1)(c1ccccc1)c1ccccc1. The Morgan fingerprint density at radius 1 is 0.714 bits per heavy atom. The first-order valence-electron chi connectivity index (χ1n) is 11.5. The van der Waals surface area contributed by atoms with E-state index in [0.717, 1.165) is 5.75 Å². The number of hydrazone groups is 1. The molecule has 4 rings (SSSR count). The summed E-state index contributed by atoms with van der Waals surface area (Å²) in [5, 5.41) is 16.4. The number of benzene rings is 4. The summed E-state index contributed by atoms with van der Waals surface area (Å²) < 4.78 is 7.03. The third-order valence-electron chi connectivity index (χ3n) is 6.04. The molecule has 0 N–H and O–H groups in total. The second kappa shape index (κ2) is 10.1. The summed E-state index contributed by atoms with van der Waals surface area (Å²) in [4.78, 5) is 11.2. The largest absolute Gasteiger partial charge is 0.534 e. The average Bonchev–Trinajstić information content (AvgIpc) is 2.87. The molecule has 176 valence electrons. The molecule has 4 aromatic carbocycles. The Balaban J connectivity index is 1.80. The minimum Gasteiger partial charge on any atom is -0.534 e. The predicted octanol–water partition coefficient (Wildman–Crippen LogP) is 5.65. The Kier molecular flexibility index (Phi) is 6.94. The lowest BCUT2D eigenvalue weighted by Crippen LogP contribution is -2.68. The van der Waals surface area contributed by atoms with E-state index in [1.165, 1.54) is 10.4 Å². The van der Waals surface area contributed by atoms with Crippen molar-refractivity contribution >= 4 is 24.4 Å². The third-order valence-corrected chi connectivity index (χ3v) is 11.0. The van der Waals surface area contributed by atoms with Gasteiger partial charge < -0.3 is 4.43 Å². The van der Waals surface area contributed by atoms with Gasteiger partial charge in [-0.15, -0.1) is 0 Å². The van der Waals surface area contributed by atoms with Gasteiger partial charge in [0.25, 0.3) is 0 Å². The fourth-order valence-electron chi connectivity index (χ4n) is 4.47. The van der Waals surface area contributed by atoms with E-state index in [9.17, 15) is 10.1 Å². The molecule has 0 atom stereocenters. The van der Waals surface area contributed by atoms with Crippen LogP contribution in [0.5, 0.6) is 5.75 Å². The van der Waals surface area contributed by atoms with Crippen molar-refractivity contribution in [2.24, 2.45) is 5.10 Å². The molecule has 0 unspecified atom stereocenters. The van der Waals surface area contributed by atoms with E-state index >= 15 is 0 Å². The van der Waals surface area contributed by atoms with Crippen LogP contribution in [0.2, 0.25) is 5.04 Å². The number of hydrogen-bond acceptors (Lipinski definition) is 3. The molecule has 0 aromatic heterocycles. The highest BCUT2D eigenvalue weighted by atomic mass is 28.4. The van der Waals surface area contributed by atoms with Crippen molar-refractivity contribution in [1.82, 2.24) is 0 Å². The van der Waals surface area contributed by atoms with Gasteiger partial charge in [0.05, 0.1) is 5.10 Å². The van der Waals surface area contributed by atoms with E-state index in [-0.39, 0.29) is 5.04 Å². The van der Waals surface area contributed by atoms with Gasteiger partial charge in [0.15, 0.2) is 10.7 Å². The van der Waals surface area contributed by atoms with Crippen LogP contribution in [-0.4, -0.2) is 19.1 Å². The maximum atomic E-state index is 11.2. The highest BCUT2D eigenvalue weighted by molar-refractivity contribution is 7.00. The van der Waals surface area contributed by atoms with Gasteiger partial charge in [0.1, 0.15) is 5.75 Å². The smallest absolute Gasteiger partial charge is 0.319 e. The van der Waals surface area contributed by atoms with Crippen molar-refractivity contribution in [3.8, 4) is 5.75 Å².